The summed E-state index contributed by atoms with van der Waals surface area (Å²) in [5.74, 6) is 0. The second-order valence-electron chi connectivity index (χ2n) is 6.10. The first kappa shape index (κ1) is 14.5. The predicted molar refractivity (Wildman–Crippen MR) is 80.4 cm³/mol. The fourth-order valence-electron chi connectivity index (χ4n) is 2.69. The van der Waals surface area contributed by atoms with Gasteiger partial charge >= 0.3 is 0 Å². The lowest BCUT2D eigenvalue weighted by Gasteiger charge is -2.35. The Morgan fingerprint density at radius 1 is 1.21 bits per heavy atom. The van der Waals surface area contributed by atoms with Crippen LogP contribution in [-0.4, -0.2) is 25.8 Å². The number of rotatable bonds is 6. The number of hydrogen-bond donors (Lipinski definition) is 1. The quantitative estimate of drug-likeness (QED) is 0.847. The number of nitrogens with one attached hydrogen (secondary N) is 1. The van der Waals surface area contributed by atoms with Crippen LogP contribution in [0.25, 0.3) is 0 Å². The van der Waals surface area contributed by atoms with Crippen molar-refractivity contribution in [2.75, 3.05) is 19.8 Å². The number of ether oxygens (including phenoxy) is 1. The Bertz CT molecular complexity index is 357. The van der Waals surface area contributed by atoms with Crippen molar-refractivity contribution in [1.82, 2.24) is 5.32 Å². The van der Waals surface area contributed by atoms with Gasteiger partial charge in [-0.3, -0.25) is 0 Å². The molecule has 1 heterocycles. The first-order valence-electron chi connectivity index (χ1n) is 7.57. The molecule has 1 aliphatic heterocycles. The van der Waals surface area contributed by atoms with E-state index in [1.165, 1.54) is 24.8 Å². The van der Waals surface area contributed by atoms with Gasteiger partial charge in [-0.1, -0.05) is 44.2 Å². The Morgan fingerprint density at radius 2 is 1.89 bits per heavy atom. The average Bonchev–Trinajstić information content (AvgIpc) is 2.45. The Kier molecular flexibility index (Phi) is 5.41. The molecule has 106 valence electrons. The molecule has 1 N–H and O–H groups in total. The summed E-state index contributed by atoms with van der Waals surface area (Å²) in [6.45, 7) is 7.62. The molecule has 1 fully saturated rings. The van der Waals surface area contributed by atoms with E-state index in [0.29, 0.717) is 11.5 Å². The van der Waals surface area contributed by atoms with E-state index in [1.54, 1.807) is 0 Å². The van der Waals surface area contributed by atoms with E-state index in [4.69, 9.17) is 4.74 Å². The van der Waals surface area contributed by atoms with Crippen LogP contribution in [0.5, 0.6) is 0 Å². The average molecular weight is 261 g/mol. The maximum Gasteiger partial charge on any atom is 0.0471 e. The first-order valence-corrected chi connectivity index (χ1v) is 7.57. The summed E-state index contributed by atoms with van der Waals surface area (Å²) in [7, 11) is 0. The monoisotopic (exact) mass is 261 g/mol. The lowest BCUT2D eigenvalue weighted by molar-refractivity contribution is 0.0228. The van der Waals surface area contributed by atoms with Crippen LogP contribution >= 0.6 is 0 Å². The summed E-state index contributed by atoms with van der Waals surface area (Å²) in [5.41, 5.74) is 1.85. The van der Waals surface area contributed by atoms with Crippen LogP contribution in [0.1, 0.15) is 38.7 Å². The lowest BCUT2D eigenvalue weighted by Crippen LogP contribution is -2.41. The molecule has 0 saturated carbocycles. The van der Waals surface area contributed by atoms with E-state index in [9.17, 15) is 0 Å². The molecular weight excluding hydrogens is 234 g/mol. The molecule has 0 aromatic heterocycles. The van der Waals surface area contributed by atoms with Crippen molar-refractivity contribution >= 4 is 0 Å². The third kappa shape index (κ3) is 4.63. The van der Waals surface area contributed by atoms with Crippen molar-refractivity contribution < 1.29 is 4.74 Å². The van der Waals surface area contributed by atoms with E-state index in [1.807, 2.05) is 0 Å². The fraction of sp³-hybridized carbons (Fsp3) is 0.647. The maximum atomic E-state index is 5.47. The van der Waals surface area contributed by atoms with Gasteiger partial charge in [0, 0.05) is 25.8 Å². The van der Waals surface area contributed by atoms with Crippen molar-refractivity contribution in [3.05, 3.63) is 35.9 Å². The fourth-order valence-corrected chi connectivity index (χ4v) is 2.69. The van der Waals surface area contributed by atoms with E-state index < -0.39 is 0 Å². The van der Waals surface area contributed by atoms with E-state index in [0.717, 1.165) is 26.2 Å². The lowest BCUT2D eigenvalue weighted by atomic mass is 9.82. The molecule has 1 aromatic rings. The summed E-state index contributed by atoms with van der Waals surface area (Å²) in [5, 5.41) is 3.77. The van der Waals surface area contributed by atoms with Crippen molar-refractivity contribution in [3.8, 4) is 0 Å². The second kappa shape index (κ2) is 7.06. The second-order valence-corrected chi connectivity index (χ2v) is 6.10. The van der Waals surface area contributed by atoms with Gasteiger partial charge < -0.3 is 10.1 Å². The molecule has 19 heavy (non-hydrogen) atoms. The molecule has 1 aromatic carbocycles. The standard InChI is InChI=1S/C17H27NO/c1-3-16(13-15-7-5-4-6-8-15)18-14-17(2)9-11-19-12-10-17/h4-8,16,18H,3,9-14H2,1-2H3. The number of benzene rings is 1. The maximum absolute atomic E-state index is 5.47. The summed E-state index contributed by atoms with van der Waals surface area (Å²) < 4.78 is 5.47. The number of hydrogen-bond acceptors (Lipinski definition) is 2. The Hall–Kier alpha value is -0.860. The smallest absolute Gasteiger partial charge is 0.0471 e. The van der Waals surface area contributed by atoms with Gasteiger partial charge in [-0.15, -0.1) is 0 Å². The molecule has 0 spiro atoms. The van der Waals surface area contributed by atoms with Crippen molar-refractivity contribution in [2.24, 2.45) is 5.41 Å². The first-order chi connectivity index (χ1) is 9.22. The van der Waals surface area contributed by atoms with Crippen LogP contribution in [0.4, 0.5) is 0 Å². The van der Waals surface area contributed by atoms with Crippen LogP contribution in [-0.2, 0) is 11.2 Å². The van der Waals surface area contributed by atoms with Crippen molar-refractivity contribution in [3.63, 3.8) is 0 Å². The van der Waals surface area contributed by atoms with Gasteiger partial charge in [0.1, 0.15) is 0 Å². The molecule has 1 aliphatic rings. The topological polar surface area (TPSA) is 21.3 Å². The Labute approximate surface area is 117 Å². The predicted octanol–water partition coefficient (Wildman–Crippen LogP) is 3.41. The van der Waals surface area contributed by atoms with Crippen LogP contribution in [0, 0.1) is 5.41 Å². The molecule has 1 unspecified atom stereocenters. The molecule has 2 rings (SSSR count). The molecule has 2 nitrogen and oxygen atoms in total. The third-order valence-corrected chi connectivity index (χ3v) is 4.34. The highest BCUT2D eigenvalue weighted by molar-refractivity contribution is 5.15. The minimum atomic E-state index is 0.419. The van der Waals surface area contributed by atoms with Gasteiger partial charge in [-0.25, -0.2) is 0 Å². The summed E-state index contributed by atoms with van der Waals surface area (Å²) in [6, 6.07) is 11.4. The van der Waals surface area contributed by atoms with Gasteiger partial charge in [-0.05, 0) is 36.7 Å². The molecule has 2 heteroatoms. The molecule has 0 aliphatic carbocycles. The van der Waals surface area contributed by atoms with Gasteiger partial charge in [0.05, 0.1) is 0 Å². The van der Waals surface area contributed by atoms with Gasteiger partial charge in [0.25, 0.3) is 0 Å². The van der Waals surface area contributed by atoms with Gasteiger partial charge in [0.2, 0.25) is 0 Å². The SMILES string of the molecule is CCC(Cc1ccccc1)NCC1(C)CCOCC1. The molecular formula is C17H27NO. The zero-order chi connectivity index (χ0) is 13.6. The molecule has 1 saturated heterocycles. The summed E-state index contributed by atoms with van der Waals surface area (Å²) in [4.78, 5) is 0. The zero-order valence-corrected chi connectivity index (χ0v) is 12.3. The molecule has 1 atom stereocenters. The van der Waals surface area contributed by atoms with Crippen LogP contribution in [0.3, 0.4) is 0 Å². The minimum absolute atomic E-state index is 0.419. The van der Waals surface area contributed by atoms with Crippen LogP contribution < -0.4 is 5.32 Å². The summed E-state index contributed by atoms with van der Waals surface area (Å²) >= 11 is 0. The van der Waals surface area contributed by atoms with E-state index >= 15 is 0 Å². The van der Waals surface area contributed by atoms with Crippen molar-refractivity contribution in [2.45, 2.75) is 45.6 Å². The van der Waals surface area contributed by atoms with E-state index in [-0.39, 0.29) is 0 Å². The molecule has 0 bridgehead atoms. The highest BCUT2D eigenvalue weighted by atomic mass is 16.5. The summed E-state index contributed by atoms with van der Waals surface area (Å²) in [6.07, 6.45) is 4.68. The largest absolute Gasteiger partial charge is 0.381 e. The van der Waals surface area contributed by atoms with Gasteiger partial charge in [-0.2, -0.15) is 0 Å². The van der Waals surface area contributed by atoms with E-state index in [2.05, 4.69) is 49.5 Å². The Morgan fingerprint density at radius 3 is 2.53 bits per heavy atom. The highest BCUT2D eigenvalue weighted by Gasteiger charge is 2.27. The van der Waals surface area contributed by atoms with Crippen molar-refractivity contribution in [1.29, 1.82) is 0 Å². The Balaban J connectivity index is 1.82. The molecule has 0 radical (unpaired) electrons. The highest BCUT2D eigenvalue weighted by Crippen LogP contribution is 2.28. The normalized spacial score (nSPS) is 20.1. The molecule has 0 amide bonds. The van der Waals surface area contributed by atoms with Crippen LogP contribution in [0.15, 0.2) is 30.3 Å². The minimum Gasteiger partial charge on any atom is -0.381 e. The van der Waals surface area contributed by atoms with Crippen LogP contribution in [0.2, 0.25) is 0 Å². The zero-order valence-electron chi connectivity index (χ0n) is 12.3. The van der Waals surface area contributed by atoms with Gasteiger partial charge in [0.15, 0.2) is 0 Å². The third-order valence-electron chi connectivity index (χ3n) is 4.34.